The van der Waals surface area contributed by atoms with Gasteiger partial charge >= 0.3 is 0 Å². The largest absolute Gasteiger partial charge is 0.322 e. The molecule has 1 saturated heterocycles. The third-order valence-corrected chi connectivity index (χ3v) is 7.28. The molecule has 1 aromatic rings. The van der Waals surface area contributed by atoms with Crippen molar-refractivity contribution in [2.24, 2.45) is 5.73 Å². The SMILES string of the molecule is CCC1SCCSC1C(N)c1c(Br)cnn1CC. The summed E-state index contributed by atoms with van der Waals surface area (Å²) in [6.45, 7) is 5.24. The fourth-order valence-corrected chi connectivity index (χ4v) is 6.10. The summed E-state index contributed by atoms with van der Waals surface area (Å²) in [7, 11) is 0. The number of nitrogens with two attached hydrogens (primary N) is 1. The molecule has 3 atom stereocenters. The molecule has 0 spiro atoms. The summed E-state index contributed by atoms with van der Waals surface area (Å²) in [5.41, 5.74) is 7.68. The van der Waals surface area contributed by atoms with Gasteiger partial charge in [0.15, 0.2) is 0 Å². The minimum Gasteiger partial charge on any atom is -0.322 e. The first kappa shape index (κ1) is 14.8. The molecular weight excluding hydrogens is 330 g/mol. The lowest BCUT2D eigenvalue weighted by molar-refractivity contribution is 0.542. The number of nitrogens with zero attached hydrogens (tertiary/aromatic N) is 2. The van der Waals surface area contributed by atoms with Gasteiger partial charge in [0.05, 0.1) is 22.4 Å². The molecule has 6 heteroatoms. The van der Waals surface area contributed by atoms with Gasteiger partial charge in [-0.3, -0.25) is 4.68 Å². The first-order valence-electron chi connectivity index (χ1n) is 6.39. The summed E-state index contributed by atoms with van der Waals surface area (Å²) in [6.07, 6.45) is 3.05. The highest BCUT2D eigenvalue weighted by Crippen LogP contribution is 2.40. The van der Waals surface area contributed by atoms with E-state index >= 15 is 0 Å². The van der Waals surface area contributed by atoms with E-state index in [0.29, 0.717) is 10.5 Å². The highest BCUT2D eigenvalue weighted by atomic mass is 79.9. The van der Waals surface area contributed by atoms with E-state index in [1.54, 1.807) is 0 Å². The lowest BCUT2D eigenvalue weighted by Gasteiger charge is -2.34. The number of thioether (sulfide) groups is 2. The van der Waals surface area contributed by atoms with Crippen LogP contribution >= 0.6 is 39.5 Å². The number of aryl methyl sites for hydroxylation is 1. The van der Waals surface area contributed by atoms with Crippen LogP contribution in [-0.4, -0.2) is 31.8 Å². The zero-order chi connectivity index (χ0) is 13.1. The normalized spacial score (nSPS) is 26.2. The lowest BCUT2D eigenvalue weighted by atomic mass is 10.1. The number of halogens is 1. The summed E-state index contributed by atoms with van der Waals surface area (Å²) >= 11 is 7.68. The quantitative estimate of drug-likeness (QED) is 0.905. The summed E-state index contributed by atoms with van der Waals surface area (Å²) in [5.74, 6) is 2.46. The first-order chi connectivity index (χ1) is 8.69. The van der Waals surface area contributed by atoms with Crippen molar-refractivity contribution in [1.29, 1.82) is 0 Å². The van der Waals surface area contributed by atoms with Gasteiger partial charge in [0.1, 0.15) is 0 Å². The molecule has 0 radical (unpaired) electrons. The maximum Gasteiger partial charge on any atom is 0.0705 e. The van der Waals surface area contributed by atoms with Crippen molar-refractivity contribution < 1.29 is 0 Å². The van der Waals surface area contributed by atoms with Crippen LogP contribution in [0.25, 0.3) is 0 Å². The average Bonchev–Trinajstić information content (AvgIpc) is 2.79. The number of aromatic nitrogens is 2. The molecule has 3 nitrogen and oxygen atoms in total. The molecule has 0 aliphatic carbocycles. The van der Waals surface area contributed by atoms with Gasteiger partial charge in [-0.15, -0.1) is 0 Å². The van der Waals surface area contributed by atoms with Crippen LogP contribution in [0.15, 0.2) is 10.7 Å². The Labute approximate surface area is 126 Å². The predicted molar refractivity (Wildman–Crippen MR) is 85.3 cm³/mol. The van der Waals surface area contributed by atoms with Crippen molar-refractivity contribution in [2.75, 3.05) is 11.5 Å². The summed E-state index contributed by atoms with van der Waals surface area (Å²) in [4.78, 5) is 0. The predicted octanol–water partition coefficient (Wildman–Crippen LogP) is 3.29. The summed E-state index contributed by atoms with van der Waals surface area (Å²) < 4.78 is 3.06. The van der Waals surface area contributed by atoms with Crippen LogP contribution in [0.4, 0.5) is 0 Å². The van der Waals surface area contributed by atoms with Crippen molar-refractivity contribution in [3.63, 3.8) is 0 Å². The van der Waals surface area contributed by atoms with Crippen LogP contribution in [0.1, 0.15) is 32.0 Å². The Morgan fingerprint density at radius 3 is 2.89 bits per heavy atom. The smallest absolute Gasteiger partial charge is 0.0705 e. The van der Waals surface area contributed by atoms with Crippen LogP contribution in [0.3, 0.4) is 0 Å². The van der Waals surface area contributed by atoms with Gasteiger partial charge in [0, 0.05) is 28.6 Å². The van der Waals surface area contributed by atoms with Crippen LogP contribution in [-0.2, 0) is 6.54 Å². The van der Waals surface area contributed by atoms with E-state index in [4.69, 9.17) is 5.73 Å². The molecule has 2 heterocycles. The van der Waals surface area contributed by atoms with Gasteiger partial charge in [-0.1, -0.05) is 6.92 Å². The molecule has 0 aromatic carbocycles. The molecule has 0 bridgehead atoms. The number of hydrogen-bond acceptors (Lipinski definition) is 4. The Bertz CT molecular complexity index is 397. The van der Waals surface area contributed by atoms with Gasteiger partial charge in [-0.2, -0.15) is 28.6 Å². The fraction of sp³-hybridized carbons (Fsp3) is 0.750. The molecule has 18 heavy (non-hydrogen) atoms. The van der Waals surface area contributed by atoms with E-state index in [1.165, 1.54) is 17.9 Å². The van der Waals surface area contributed by atoms with E-state index in [-0.39, 0.29) is 6.04 Å². The third kappa shape index (κ3) is 2.92. The minimum atomic E-state index is 0.0598. The van der Waals surface area contributed by atoms with E-state index in [1.807, 2.05) is 22.6 Å². The van der Waals surface area contributed by atoms with E-state index in [9.17, 15) is 0 Å². The average molecular weight is 350 g/mol. The Balaban J connectivity index is 2.23. The zero-order valence-corrected chi connectivity index (χ0v) is 14.0. The molecule has 3 unspecified atom stereocenters. The molecule has 2 N–H and O–H groups in total. The molecule has 2 rings (SSSR count). The van der Waals surface area contributed by atoms with Gasteiger partial charge in [-0.25, -0.2) is 0 Å². The first-order valence-corrected chi connectivity index (χ1v) is 9.28. The number of hydrogen-bond donors (Lipinski definition) is 1. The number of rotatable bonds is 4. The van der Waals surface area contributed by atoms with Crippen LogP contribution in [0.2, 0.25) is 0 Å². The van der Waals surface area contributed by atoms with Crippen molar-refractivity contribution in [3.8, 4) is 0 Å². The third-order valence-electron chi connectivity index (χ3n) is 3.30. The van der Waals surface area contributed by atoms with E-state index in [2.05, 4.69) is 46.6 Å². The highest BCUT2D eigenvalue weighted by molar-refractivity contribution is 9.10. The zero-order valence-electron chi connectivity index (χ0n) is 10.8. The highest BCUT2D eigenvalue weighted by Gasteiger charge is 2.33. The Hall–Kier alpha value is 0.350. The summed E-state index contributed by atoms with van der Waals surface area (Å²) in [5, 5.41) is 5.53. The molecule has 1 aromatic heterocycles. The topological polar surface area (TPSA) is 43.8 Å². The van der Waals surface area contributed by atoms with Crippen LogP contribution in [0.5, 0.6) is 0 Å². The molecule has 0 saturated carbocycles. The standard InChI is InChI=1S/C12H20BrN3S2/c1-3-9-12(18-6-5-17-9)10(14)11-8(13)7-15-16(11)4-2/h7,9-10,12H,3-6,14H2,1-2H3. The molecule has 1 aliphatic rings. The summed E-state index contributed by atoms with van der Waals surface area (Å²) in [6, 6.07) is 0.0598. The van der Waals surface area contributed by atoms with E-state index < -0.39 is 0 Å². The Morgan fingerprint density at radius 2 is 2.22 bits per heavy atom. The second kappa shape index (κ2) is 6.68. The minimum absolute atomic E-state index is 0.0598. The Kier molecular flexibility index (Phi) is 5.47. The Morgan fingerprint density at radius 1 is 1.50 bits per heavy atom. The fourth-order valence-electron chi connectivity index (χ4n) is 2.38. The molecular formula is C12H20BrN3S2. The van der Waals surface area contributed by atoms with Crippen molar-refractivity contribution in [2.45, 2.75) is 43.4 Å². The maximum absolute atomic E-state index is 6.53. The monoisotopic (exact) mass is 349 g/mol. The van der Waals surface area contributed by atoms with Crippen molar-refractivity contribution in [1.82, 2.24) is 9.78 Å². The molecule has 0 amide bonds. The maximum atomic E-state index is 6.53. The second-order valence-electron chi connectivity index (χ2n) is 4.37. The molecule has 102 valence electrons. The van der Waals surface area contributed by atoms with Crippen molar-refractivity contribution in [3.05, 3.63) is 16.4 Å². The van der Waals surface area contributed by atoms with Gasteiger partial charge in [-0.05, 0) is 29.3 Å². The van der Waals surface area contributed by atoms with Gasteiger partial charge in [0.2, 0.25) is 0 Å². The second-order valence-corrected chi connectivity index (χ2v) is 7.86. The molecule has 1 fully saturated rings. The van der Waals surface area contributed by atoms with Crippen LogP contribution in [0, 0.1) is 0 Å². The van der Waals surface area contributed by atoms with E-state index in [0.717, 1.165) is 16.7 Å². The molecule has 1 aliphatic heterocycles. The van der Waals surface area contributed by atoms with Gasteiger partial charge < -0.3 is 5.73 Å². The van der Waals surface area contributed by atoms with Crippen LogP contribution < -0.4 is 5.73 Å². The van der Waals surface area contributed by atoms with Gasteiger partial charge in [0.25, 0.3) is 0 Å². The lowest BCUT2D eigenvalue weighted by Crippen LogP contribution is -2.36. The van der Waals surface area contributed by atoms with Crippen molar-refractivity contribution >= 4 is 39.5 Å².